The van der Waals surface area contributed by atoms with E-state index in [0.29, 0.717) is 53.1 Å². The average Bonchev–Trinajstić information content (AvgIpc) is 3.25. The predicted molar refractivity (Wildman–Crippen MR) is 241 cm³/mol. The molecule has 360 valence electrons. The summed E-state index contributed by atoms with van der Waals surface area (Å²) in [5, 5.41) is 12.5. The van der Waals surface area contributed by atoms with Gasteiger partial charge in [-0.15, -0.1) is 4.33 Å². The molecule has 0 bridgehead atoms. The number of hydrogen-bond acceptors (Lipinski definition) is 18. The van der Waals surface area contributed by atoms with E-state index in [1.807, 2.05) is 6.92 Å². The lowest BCUT2D eigenvalue weighted by atomic mass is 10.2. The van der Waals surface area contributed by atoms with Gasteiger partial charge in [0, 0.05) is 10.5 Å². The second-order valence-electron chi connectivity index (χ2n) is 13.5. The standard InChI is InChI=1S/C39H32O14S4.2CH4O3S/c1-26-3-16-33(17-4-26)55(41,42)34-19-14-29(15-20-34)49-25-27-5-18-35(23-38(27)54-53-52-40)56(43,44)36-21-22-37(39(24-36)57(45,46)47)51-32-12-10-31(11-13-32)50-30-8-6-28(48-2)7-9-30;2*1-5(2,3)4/h3-24,40H,25H2,1-2H3,(H,45,46,47);2*1H3,(H,2,3,4). The van der Waals surface area contributed by atoms with Crippen LogP contribution < -0.4 is 18.9 Å². The molecule has 0 aliphatic heterocycles. The molecule has 20 nitrogen and oxygen atoms in total. The Labute approximate surface area is 390 Å². The maximum Gasteiger partial charge on any atom is 0.298 e. The summed E-state index contributed by atoms with van der Waals surface area (Å²) in [5.41, 5.74) is 1.29. The lowest BCUT2D eigenvalue weighted by Gasteiger charge is -2.14. The molecule has 0 radical (unpaired) electrons. The van der Waals surface area contributed by atoms with Crippen LogP contribution in [0.3, 0.4) is 0 Å². The van der Waals surface area contributed by atoms with E-state index in [1.54, 1.807) is 55.6 Å². The van der Waals surface area contributed by atoms with Gasteiger partial charge in [-0.2, -0.15) is 25.3 Å². The van der Waals surface area contributed by atoms with Crippen LogP contribution in [0, 0.1) is 6.92 Å². The van der Waals surface area contributed by atoms with E-state index in [1.165, 1.54) is 66.7 Å². The quantitative estimate of drug-likeness (QED) is 0.0315. The van der Waals surface area contributed by atoms with Crippen molar-refractivity contribution in [1.29, 1.82) is 0 Å². The van der Waals surface area contributed by atoms with Gasteiger partial charge >= 0.3 is 0 Å². The van der Waals surface area contributed by atoms with Crippen LogP contribution in [0.5, 0.6) is 34.5 Å². The van der Waals surface area contributed by atoms with Gasteiger partial charge in [-0.1, -0.05) is 28.8 Å². The van der Waals surface area contributed by atoms with E-state index in [2.05, 4.69) is 9.37 Å². The summed E-state index contributed by atoms with van der Waals surface area (Å²) in [6, 6.07) is 32.0. The Bertz CT molecular complexity index is 3150. The second kappa shape index (κ2) is 22.9. The number of benzene rings is 6. The first-order valence-corrected chi connectivity index (χ1v) is 27.2. The van der Waals surface area contributed by atoms with E-state index in [4.69, 9.17) is 33.3 Å². The summed E-state index contributed by atoms with van der Waals surface area (Å²) in [5.74, 6) is 1.74. The van der Waals surface area contributed by atoms with Crippen LogP contribution in [-0.4, -0.2) is 80.6 Å². The van der Waals surface area contributed by atoms with Gasteiger partial charge in [0.15, 0.2) is 0 Å². The van der Waals surface area contributed by atoms with Gasteiger partial charge in [-0.25, -0.2) is 22.1 Å². The van der Waals surface area contributed by atoms with Gasteiger partial charge in [-0.05, 0) is 122 Å². The molecule has 0 spiro atoms. The summed E-state index contributed by atoms with van der Waals surface area (Å²) in [6.45, 7) is 1.69. The first kappa shape index (κ1) is 54.0. The molecular formula is C41H40O20S6. The summed E-state index contributed by atoms with van der Waals surface area (Å²) in [4.78, 5) is -1.30. The topological polar surface area (TPSA) is 307 Å². The average molecular weight is 1050 g/mol. The first-order chi connectivity index (χ1) is 31.2. The Hall–Kier alpha value is -5.62. The van der Waals surface area contributed by atoms with Crippen LogP contribution >= 0.6 is 12.0 Å². The highest BCUT2D eigenvalue weighted by molar-refractivity contribution is 7.94. The van der Waals surface area contributed by atoms with Crippen molar-refractivity contribution in [2.24, 2.45) is 0 Å². The van der Waals surface area contributed by atoms with Crippen molar-refractivity contribution in [2.45, 2.75) is 42.9 Å². The van der Waals surface area contributed by atoms with Crippen molar-refractivity contribution in [3.8, 4) is 34.5 Å². The Morgan fingerprint density at radius 2 is 0.910 bits per heavy atom. The third-order valence-electron chi connectivity index (χ3n) is 8.21. The van der Waals surface area contributed by atoms with E-state index in [-0.39, 0.29) is 37.7 Å². The van der Waals surface area contributed by atoms with E-state index in [9.17, 15) is 46.6 Å². The van der Waals surface area contributed by atoms with Gasteiger partial charge in [0.1, 0.15) is 46.0 Å². The molecule has 6 rings (SSSR count). The summed E-state index contributed by atoms with van der Waals surface area (Å²) in [7, 11) is -19.0. The van der Waals surface area contributed by atoms with Crippen LogP contribution in [0.25, 0.3) is 0 Å². The first-order valence-electron chi connectivity index (χ1n) is 18.3. The molecule has 0 aliphatic rings. The van der Waals surface area contributed by atoms with Crippen molar-refractivity contribution >= 4 is 62.1 Å². The van der Waals surface area contributed by atoms with E-state index < -0.39 is 59.8 Å². The highest BCUT2D eigenvalue weighted by Crippen LogP contribution is 2.36. The Balaban J connectivity index is 0.000000886. The molecule has 0 heterocycles. The van der Waals surface area contributed by atoms with Crippen molar-refractivity contribution in [3.63, 3.8) is 0 Å². The highest BCUT2D eigenvalue weighted by atomic mass is 32.2. The predicted octanol–water partition coefficient (Wildman–Crippen LogP) is 7.52. The zero-order valence-electron chi connectivity index (χ0n) is 35.2. The lowest BCUT2D eigenvalue weighted by Crippen LogP contribution is -2.07. The maximum atomic E-state index is 13.8. The van der Waals surface area contributed by atoms with Crippen LogP contribution in [0.2, 0.25) is 0 Å². The molecule has 6 aromatic rings. The molecule has 6 aromatic carbocycles. The molecule has 67 heavy (non-hydrogen) atoms. The summed E-state index contributed by atoms with van der Waals surface area (Å²) >= 11 is 0.460. The SMILES string of the molecule is COc1ccc(Oc2ccc(Oc3ccc(S(=O)(=O)c4ccc(COc5ccc(S(=O)(=O)c6ccc(C)cc6)cc5)c(SOOO)c4)cc3S(=O)(=O)O)cc2)cc1.CS(=O)(=O)O.CS(=O)(=O)O. The smallest absolute Gasteiger partial charge is 0.298 e. The molecule has 0 aliphatic carbocycles. The van der Waals surface area contributed by atoms with Crippen molar-refractivity contribution in [1.82, 2.24) is 0 Å². The van der Waals surface area contributed by atoms with Gasteiger partial charge in [-0.3, -0.25) is 13.7 Å². The zero-order valence-corrected chi connectivity index (χ0v) is 40.1. The molecule has 0 fully saturated rings. The van der Waals surface area contributed by atoms with Crippen LogP contribution in [0.1, 0.15) is 11.1 Å². The third-order valence-corrected chi connectivity index (χ3v) is 13.3. The number of ether oxygens (including phenoxy) is 4. The fourth-order valence-corrected chi connectivity index (χ4v) is 9.12. The fourth-order valence-electron chi connectivity index (χ4n) is 5.24. The van der Waals surface area contributed by atoms with Gasteiger partial charge in [0.2, 0.25) is 19.7 Å². The number of methoxy groups -OCH3 is 1. The Morgan fingerprint density at radius 1 is 0.507 bits per heavy atom. The van der Waals surface area contributed by atoms with E-state index in [0.717, 1.165) is 23.8 Å². The minimum atomic E-state index is -5.00. The molecule has 0 saturated carbocycles. The van der Waals surface area contributed by atoms with Crippen molar-refractivity contribution < 1.29 is 89.3 Å². The Kier molecular flexibility index (Phi) is 18.5. The molecule has 26 heteroatoms. The highest BCUT2D eigenvalue weighted by Gasteiger charge is 2.26. The van der Waals surface area contributed by atoms with Gasteiger partial charge in [0.25, 0.3) is 30.4 Å². The third kappa shape index (κ3) is 17.2. The molecule has 4 N–H and O–H groups in total. The minimum absolute atomic E-state index is 0.0557. The molecule has 0 amide bonds. The van der Waals surface area contributed by atoms with E-state index >= 15 is 0 Å². The van der Waals surface area contributed by atoms with Crippen LogP contribution in [0.4, 0.5) is 0 Å². The number of hydrogen-bond donors (Lipinski definition) is 4. The number of aryl methyl sites for hydroxylation is 1. The molecule has 0 unspecified atom stereocenters. The van der Waals surface area contributed by atoms with Crippen LogP contribution in [-0.2, 0) is 66.0 Å². The lowest BCUT2D eigenvalue weighted by molar-refractivity contribution is -0.432. The van der Waals surface area contributed by atoms with Crippen molar-refractivity contribution in [3.05, 3.63) is 145 Å². The van der Waals surface area contributed by atoms with Crippen LogP contribution in [0.15, 0.2) is 163 Å². The van der Waals surface area contributed by atoms with Crippen molar-refractivity contribution in [2.75, 3.05) is 19.6 Å². The molecular weight excluding hydrogens is 1000 g/mol. The van der Waals surface area contributed by atoms with Gasteiger partial charge in [0.05, 0.1) is 51.2 Å². The maximum absolute atomic E-state index is 13.8. The summed E-state index contributed by atoms with van der Waals surface area (Å²) in [6.07, 6.45) is 1.43. The molecule has 0 atom stereocenters. The Morgan fingerprint density at radius 3 is 1.39 bits per heavy atom. The number of rotatable bonds is 16. The monoisotopic (exact) mass is 1040 g/mol. The largest absolute Gasteiger partial charge is 0.497 e. The normalized spacial score (nSPS) is 11.8. The zero-order chi connectivity index (χ0) is 49.8. The van der Waals surface area contributed by atoms with Gasteiger partial charge < -0.3 is 18.9 Å². The fraction of sp³-hybridized carbons (Fsp3) is 0.122. The molecule has 0 aromatic heterocycles. The number of sulfone groups is 2. The summed E-state index contributed by atoms with van der Waals surface area (Å²) < 4.78 is 167. The molecule has 0 saturated heterocycles. The minimum Gasteiger partial charge on any atom is -0.497 e. The second-order valence-corrected chi connectivity index (χ2v) is 22.4.